The van der Waals surface area contributed by atoms with Gasteiger partial charge in [-0.3, -0.25) is 24.2 Å². The Labute approximate surface area is 301 Å². The molecule has 1 aromatic carbocycles. The van der Waals surface area contributed by atoms with Crippen LogP contribution >= 0.6 is 11.3 Å². The van der Waals surface area contributed by atoms with Crippen molar-refractivity contribution >= 4 is 33.2 Å². The van der Waals surface area contributed by atoms with Crippen molar-refractivity contribution in [3.05, 3.63) is 82.9 Å². The number of benzene rings is 1. The number of carbonyl (C=O) groups excluding carboxylic acids is 2. The number of methoxy groups -OCH3 is 1. The van der Waals surface area contributed by atoms with E-state index in [0.717, 1.165) is 34.7 Å². The first-order valence-corrected chi connectivity index (χ1v) is 17.6. The Bertz CT molecular complexity index is 2220. The van der Waals surface area contributed by atoms with Crippen LogP contribution in [0.3, 0.4) is 0 Å². The summed E-state index contributed by atoms with van der Waals surface area (Å²) in [5.74, 6) is -2.95. The van der Waals surface area contributed by atoms with E-state index in [9.17, 15) is 14.0 Å². The van der Waals surface area contributed by atoms with E-state index in [1.807, 2.05) is 17.9 Å². The van der Waals surface area contributed by atoms with Gasteiger partial charge in [0.05, 0.1) is 47.4 Å². The monoisotopic (exact) mass is 731 g/mol. The van der Waals surface area contributed by atoms with Crippen molar-refractivity contribution in [2.24, 2.45) is 0 Å². The summed E-state index contributed by atoms with van der Waals surface area (Å²) in [4.78, 5) is 38.4. The molecule has 0 radical (unpaired) electrons. The molecule has 1 atom stereocenters. The summed E-state index contributed by atoms with van der Waals surface area (Å²) >= 11 is 1.10. The van der Waals surface area contributed by atoms with Crippen LogP contribution in [0.15, 0.2) is 48.5 Å². The Hall–Kier alpha value is -5.12. The fourth-order valence-electron chi connectivity index (χ4n) is 6.91. The lowest BCUT2D eigenvalue weighted by molar-refractivity contribution is -0.129. The van der Waals surface area contributed by atoms with Crippen molar-refractivity contribution in [2.45, 2.75) is 32.5 Å². The van der Waals surface area contributed by atoms with Gasteiger partial charge < -0.3 is 19.7 Å². The third-order valence-corrected chi connectivity index (χ3v) is 10.4. The molecule has 2 aliphatic rings. The zero-order valence-electron chi connectivity index (χ0n) is 28.8. The molecule has 1 N–H and O–H groups in total. The molecule has 270 valence electrons. The zero-order valence-corrected chi connectivity index (χ0v) is 29.7. The highest BCUT2D eigenvalue weighted by molar-refractivity contribution is 7.17. The number of ether oxygens (including phenoxy) is 2. The first-order valence-electron chi connectivity index (χ1n) is 16.8. The summed E-state index contributed by atoms with van der Waals surface area (Å²) in [6, 6.07) is 5.09. The number of fused-ring (bicyclic) bond motifs is 3. The molecule has 5 aromatic rings. The van der Waals surface area contributed by atoms with E-state index in [1.54, 1.807) is 28.9 Å². The van der Waals surface area contributed by atoms with Crippen molar-refractivity contribution in [3.63, 3.8) is 0 Å². The lowest BCUT2D eigenvalue weighted by Gasteiger charge is -2.33. The summed E-state index contributed by atoms with van der Waals surface area (Å²) in [6.07, 6.45) is 3.59. The molecule has 0 fully saturated rings. The van der Waals surface area contributed by atoms with Gasteiger partial charge in [-0.2, -0.15) is 5.10 Å². The minimum atomic E-state index is -0.970. The van der Waals surface area contributed by atoms with Gasteiger partial charge in [0.2, 0.25) is 11.8 Å². The summed E-state index contributed by atoms with van der Waals surface area (Å²) in [7, 11) is 3.07. The number of carbonyl (C=O) groups is 2. The second kappa shape index (κ2) is 14.5. The Morgan fingerprint density at radius 2 is 1.90 bits per heavy atom. The molecule has 0 spiro atoms. The van der Waals surface area contributed by atoms with Gasteiger partial charge in [0.25, 0.3) is 0 Å². The van der Waals surface area contributed by atoms with Crippen LogP contribution in [0.4, 0.5) is 13.2 Å². The van der Waals surface area contributed by atoms with Gasteiger partial charge in [0.15, 0.2) is 0 Å². The molecule has 0 saturated carbocycles. The SMILES string of the molecule is C=CC(=O)N1CCn2nc(-c3nc(-c4cnc5c(c4)CN(CC(=O)NC)CC5)c4scc(F)c4c3-c3c(F)cc(F)cc3OCCOC)cc2[C@H]1C. The van der Waals surface area contributed by atoms with Crippen molar-refractivity contribution in [3.8, 4) is 39.5 Å². The Morgan fingerprint density at radius 3 is 2.67 bits per heavy atom. The highest BCUT2D eigenvalue weighted by Gasteiger charge is 2.32. The van der Waals surface area contributed by atoms with Gasteiger partial charge in [-0.25, -0.2) is 18.2 Å². The smallest absolute Gasteiger partial charge is 0.246 e. The Morgan fingerprint density at radius 1 is 1.08 bits per heavy atom. The third kappa shape index (κ3) is 6.44. The van der Waals surface area contributed by atoms with E-state index in [-0.39, 0.29) is 65.6 Å². The number of rotatable bonds is 10. The number of thiophene rings is 1. The maximum absolute atomic E-state index is 16.3. The van der Waals surface area contributed by atoms with Gasteiger partial charge in [-0.15, -0.1) is 11.3 Å². The first-order chi connectivity index (χ1) is 25.1. The van der Waals surface area contributed by atoms with Crippen LogP contribution in [0, 0.1) is 17.5 Å². The lowest BCUT2D eigenvalue weighted by Crippen LogP contribution is -2.40. The second-order valence-electron chi connectivity index (χ2n) is 12.6. The Kier molecular flexibility index (Phi) is 9.83. The molecule has 0 unspecified atom stereocenters. The van der Waals surface area contributed by atoms with Crippen molar-refractivity contribution in [1.82, 2.24) is 34.9 Å². The van der Waals surface area contributed by atoms with Crippen molar-refractivity contribution in [2.75, 3.05) is 47.0 Å². The summed E-state index contributed by atoms with van der Waals surface area (Å²) in [6.45, 7) is 7.74. The molecule has 7 rings (SSSR count). The van der Waals surface area contributed by atoms with E-state index in [0.29, 0.717) is 59.9 Å². The molecule has 4 aromatic heterocycles. The predicted molar refractivity (Wildman–Crippen MR) is 190 cm³/mol. The fourth-order valence-corrected chi connectivity index (χ4v) is 7.85. The highest BCUT2D eigenvalue weighted by Crippen LogP contribution is 2.48. The largest absolute Gasteiger partial charge is 0.490 e. The van der Waals surface area contributed by atoms with E-state index in [1.165, 1.54) is 18.6 Å². The molecular weight excluding hydrogens is 696 g/mol. The quantitative estimate of drug-likeness (QED) is 0.148. The minimum absolute atomic E-state index is 0.0241. The molecule has 2 aliphatic heterocycles. The molecule has 6 heterocycles. The van der Waals surface area contributed by atoms with E-state index >= 15 is 8.78 Å². The lowest BCUT2D eigenvalue weighted by atomic mass is 9.94. The Balaban J connectivity index is 1.46. The normalized spacial score (nSPS) is 15.7. The average molecular weight is 732 g/mol. The average Bonchev–Trinajstić information content (AvgIpc) is 3.75. The van der Waals surface area contributed by atoms with Crippen LogP contribution in [-0.2, 0) is 33.8 Å². The van der Waals surface area contributed by atoms with Crippen LogP contribution < -0.4 is 10.1 Å². The molecule has 52 heavy (non-hydrogen) atoms. The van der Waals surface area contributed by atoms with Crippen LogP contribution in [-0.4, -0.2) is 88.4 Å². The van der Waals surface area contributed by atoms with Crippen LogP contribution in [0.1, 0.15) is 29.9 Å². The van der Waals surface area contributed by atoms with Crippen LogP contribution in [0.25, 0.3) is 43.9 Å². The number of pyridine rings is 2. The van der Waals surface area contributed by atoms with E-state index < -0.39 is 17.5 Å². The number of amides is 2. The number of aromatic nitrogens is 4. The fraction of sp³-hybridized carbons (Fsp3) is 0.324. The third-order valence-electron chi connectivity index (χ3n) is 9.48. The summed E-state index contributed by atoms with van der Waals surface area (Å²) in [5.41, 5.74) is 3.79. The maximum Gasteiger partial charge on any atom is 0.246 e. The maximum atomic E-state index is 16.3. The summed E-state index contributed by atoms with van der Waals surface area (Å²) < 4.78 is 60.3. The van der Waals surface area contributed by atoms with Gasteiger partial charge in [-0.05, 0) is 30.7 Å². The second-order valence-corrected chi connectivity index (χ2v) is 13.5. The van der Waals surface area contributed by atoms with E-state index in [2.05, 4.69) is 11.9 Å². The van der Waals surface area contributed by atoms with Gasteiger partial charge in [0, 0.05) is 86.1 Å². The number of nitrogens with one attached hydrogen (secondary N) is 1. The first kappa shape index (κ1) is 35.3. The van der Waals surface area contributed by atoms with E-state index in [4.69, 9.17) is 24.5 Å². The van der Waals surface area contributed by atoms with Crippen molar-refractivity contribution < 1.29 is 32.2 Å². The molecule has 11 nitrogen and oxygen atoms in total. The van der Waals surface area contributed by atoms with Gasteiger partial charge >= 0.3 is 0 Å². The molecule has 0 saturated heterocycles. The molecule has 15 heteroatoms. The highest BCUT2D eigenvalue weighted by atomic mass is 32.1. The molecular formula is C37H36F3N7O4S. The minimum Gasteiger partial charge on any atom is -0.490 e. The predicted octanol–water partition coefficient (Wildman–Crippen LogP) is 5.52. The van der Waals surface area contributed by atoms with Crippen LogP contribution in [0.2, 0.25) is 0 Å². The number of nitrogens with zero attached hydrogens (tertiary/aromatic N) is 6. The van der Waals surface area contributed by atoms with Gasteiger partial charge in [-0.1, -0.05) is 6.58 Å². The zero-order chi connectivity index (χ0) is 36.7. The number of hydrogen-bond acceptors (Lipinski definition) is 9. The van der Waals surface area contributed by atoms with Crippen molar-refractivity contribution in [1.29, 1.82) is 0 Å². The molecule has 2 amide bonds. The number of likely N-dealkylation sites (N-methyl/N-ethyl adjacent to an activating group) is 1. The van der Waals surface area contributed by atoms with Crippen LogP contribution in [0.5, 0.6) is 5.75 Å². The van der Waals surface area contributed by atoms with Gasteiger partial charge in [0.1, 0.15) is 41.2 Å². The standard InChI is InChI=1S/C37H36F3N7O4S/c1-5-31(49)46-8-9-47-28(20(46)2)15-27(44-47)36-34(32-24(39)13-23(38)14-29(32)51-11-10-50-4)33-25(40)19-52-37(33)35(43-36)21-12-22-17-45(18-30(48)41-3)7-6-26(22)42-16-21/h5,12-16,19-20H,1,6-11,17-18H2,2-4H3,(H,41,48)/t20-/m1/s1. The molecule has 0 bridgehead atoms. The summed E-state index contributed by atoms with van der Waals surface area (Å²) in [5, 5.41) is 8.90. The number of halogens is 3. The number of hydrogen-bond donors (Lipinski definition) is 1. The topological polar surface area (TPSA) is 115 Å². The molecule has 0 aliphatic carbocycles.